The number of aliphatic hydroxyl groups excluding tert-OH is 2. The molecule has 0 saturated carbocycles. The van der Waals surface area contributed by atoms with Crippen molar-refractivity contribution >= 4 is 34.7 Å². The van der Waals surface area contributed by atoms with Gasteiger partial charge in [0.2, 0.25) is 0 Å². The number of carboxylic acid groups (broad SMARTS) is 2. The molecule has 0 aliphatic rings. The lowest BCUT2D eigenvalue weighted by Crippen LogP contribution is -2.45. The van der Waals surface area contributed by atoms with Gasteiger partial charge >= 0.3 is 11.9 Å². The second-order valence-electron chi connectivity index (χ2n) is 10.3. The van der Waals surface area contributed by atoms with Crippen molar-refractivity contribution < 1.29 is 45.0 Å². The minimum absolute atomic E-state index is 0.0107. The molecule has 0 saturated heterocycles. The second kappa shape index (κ2) is 11.4. The van der Waals surface area contributed by atoms with Gasteiger partial charge in [-0.1, -0.05) is 12.1 Å². The number of amides is 1. The Labute approximate surface area is 243 Å². The van der Waals surface area contributed by atoms with Gasteiger partial charge in [0.1, 0.15) is 23.2 Å². The fourth-order valence-electron chi connectivity index (χ4n) is 4.42. The molecule has 0 aliphatic carbocycles. The Morgan fingerprint density at radius 3 is 2.28 bits per heavy atom. The van der Waals surface area contributed by atoms with Gasteiger partial charge in [0.25, 0.3) is 5.91 Å². The number of carboxylic acids is 2. The Bertz CT molecular complexity index is 1780. The number of benzene rings is 3. The van der Waals surface area contributed by atoms with E-state index in [0.29, 0.717) is 16.6 Å². The van der Waals surface area contributed by atoms with Gasteiger partial charge in [0.05, 0.1) is 22.0 Å². The molecule has 1 aromatic heterocycles. The van der Waals surface area contributed by atoms with Crippen LogP contribution in [0.5, 0.6) is 11.5 Å². The van der Waals surface area contributed by atoms with E-state index in [1.165, 1.54) is 32.0 Å². The molecule has 1 amide bonds. The summed E-state index contributed by atoms with van der Waals surface area (Å²) in [4.78, 5) is 42.9. The zero-order valence-corrected chi connectivity index (χ0v) is 22.9. The summed E-state index contributed by atoms with van der Waals surface area (Å²) in [5.74, 6) is -4.94. The molecule has 4 rings (SSSR count). The van der Waals surface area contributed by atoms with Crippen LogP contribution in [0.2, 0.25) is 0 Å². The molecule has 11 N–H and O–H groups in total. The first-order valence-corrected chi connectivity index (χ1v) is 12.8. The molecule has 3 aromatic carbocycles. The summed E-state index contributed by atoms with van der Waals surface area (Å²) in [6.07, 6.45) is -4.65. The summed E-state index contributed by atoms with van der Waals surface area (Å²) in [6.45, 7) is 2.34. The SMILES string of the molecule is CC(C)(C(=O)O)c1cc(CNC(=O)C(O)C(O)C(=O)O)cc(-c2cccc(-c3nc4cc(C(=N)N)ccc4[nH]3)c2O)c1O. The maximum atomic E-state index is 12.3. The van der Waals surface area contributed by atoms with Crippen molar-refractivity contribution in [2.45, 2.75) is 38.0 Å². The first kappa shape index (κ1) is 30.5. The summed E-state index contributed by atoms with van der Waals surface area (Å²) < 4.78 is 0. The number of nitrogens with one attached hydrogen (secondary N) is 3. The molecular weight excluding hydrogens is 562 g/mol. The van der Waals surface area contributed by atoms with Gasteiger partial charge in [-0.05, 0) is 55.8 Å². The van der Waals surface area contributed by atoms with E-state index in [0.717, 1.165) is 0 Å². The molecule has 1 heterocycles. The van der Waals surface area contributed by atoms with E-state index in [1.807, 2.05) is 0 Å². The number of hydrogen-bond acceptors (Lipinski definition) is 9. The molecule has 0 spiro atoms. The molecule has 0 aliphatic heterocycles. The zero-order valence-electron chi connectivity index (χ0n) is 22.9. The number of nitrogen functional groups attached to an aromatic ring is 1. The number of aromatic hydroxyl groups is 2. The number of phenols is 2. The summed E-state index contributed by atoms with van der Waals surface area (Å²) in [5.41, 5.74) is 5.98. The van der Waals surface area contributed by atoms with Crippen molar-refractivity contribution in [1.29, 1.82) is 5.41 Å². The topological polar surface area (TPSA) is 263 Å². The van der Waals surface area contributed by atoms with Crippen LogP contribution in [0.1, 0.15) is 30.5 Å². The molecule has 0 radical (unpaired) electrons. The van der Waals surface area contributed by atoms with Crippen molar-refractivity contribution in [1.82, 2.24) is 15.3 Å². The van der Waals surface area contributed by atoms with E-state index in [1.54, 1.807) is 30.3 Å². The highest BCUT2D eigenvalue weighted by molar-refractivity contribution is 5.98. The highest BCUT2D eigenvalue weighted by atomic mass is 16.4. The lowest BCUT2D eigenvalue weighted by atomic mass is 9.81. The number of aromatic nitrogens is 2. The molecule has 0 fully saturated rings. The largest absolute Gasteiger partial charge is 0.507 e. The van der Waals surface area contributed by atoms with Crippen LogP contribution in [0.3, 0.4) is 0 Å². The molecule has 14 nitrogen and oxygen atoms in total. The fourth-order valence-corrected chi connectivity index (χ4v) is 4.42. The first-order chi connectivity index (χ1) is 20.1. The molecule has 4 aromatic rings. The molecule has 0 bridgehead atoms. The third-order valence-corrected chi connectivity index (χ3v) is 7.04. The minimum Gasteiger partial charge on any atom is -0.507 e. The zero-order chi connectivity index (χ0) is 31.8. The van der Waals surface area contributed by atoms with Gasteiger partial charge in [-0.15, -0.1) is 0 Å². The Morgan fingerprint density at radius 2 is 1.65 bits per heavy atom. The van der Waals surface area contributed by atoms with Crippen molar-refractivity contribution in [2.24, 2.45) is 5.73 Å². The predicted octanol–water partition coefficient (Wildman–Crippen LogP) is 1.38. The molecule has 224 valence electrons. The Morgan fingerprint density at radius 1 is 0.977 bits per heavy atom. The van der Waals surface area contributed by atoms with Crippen molar-refractivity contribution in [3.8, 4) is 34.0 Å². The molecule has 2 atom stereocenters. The lowest BCUT2D eigenvalue weighted by molar-refractivity contribution is -0.158. The van der Waals surface area contributed by atoms with Crippen LogP contribution < -0.4 is 11.1 Å². The number of carbonyl (C=O) groups is 3. The standard InChI is InChI=1S/C29H29N5O9/c1-29(2,28(42)43)17-9-12(11-32-26(39)22(37)23(38)27(40)41)8-16(21(17)36)14-4-3-5-15(20(14)35)25-33-18-7-6-13(24(30)31)10-19(18)34-25/h3-10,22-23,35-38H,11H2,1-2H3,(H3,30,31)(H,32,39)(H,33,34)(H,40,41)(H,42,43). The maximum Gasteiger partial charge on any atom is 0.335 e. The van der Waals surface area contributed by atoms with Crippen molar-refractivity contribution in [2.75, 3.05) is 0 Å². The van der Waals surface area contributed by atoms with Crippen LogP contribution in [0.15, 0.2) is 48.5 Å². The number of aromatic amines is 1. The maximum absolute atomic E-state index is 12.3. The van der Waals surface area contributed by atoms with E-state index < -0.39 is 41.2 Å². The number of fused-ring (bicyclic) bond motifs is 1. The van der Waals surface area contributed by atoms with Crippen LogP contribution in [-0.2, 0) is 26.3 Å². The monoisotopic (exact) mass is 591 g/mol. The number of nitrogens with zero attached hydrogens (tertiary/aromatic N) is 1. The average molecular weight is 592 g/mol. The number of carbonyl (C=O) groups excluding carboxylic acids is 1. The van der Waals surface area contributed by atoms with Gasteiger partial charge in [-0.2, -0.15) is 0 Å². The molecule has 43 heavy (non-hydrogen) atoms. The highest BCUT2D eigenvalue weighted by Crippen LogP contribution is 2.45. The highest BCUT2D eigenvalue weighted by Gasteiger charge is 2.35. The van der Waals surface area contributed by atoms with E-state index in [-0.39, 0.29) is 51.8 Å². The van der Waals surface area contributed by atoms with E-state index in [4.69, 9.17) is 16.2 Å². The van der Waals surface area contributed by atoms with Crippen LogP contribution in [-0.4, -0.2) is 76.5 Å². The van der Waals surface area contributed by atoms with Crippen LogP contribution >= 0.6 is 0 Å². The number of para-hydroxylation sites is 1. The summed E-state index contributed by atoms with van der Waals surface area (Å²) >= 11 is 0. The van der Waals surface area contributed by atoms with Gasteiger partial charge in [0, 0.05) is 28.8 Å². The average Bonchev–Trinajstić information content (AvgIpc) is 3.38. The van der Waals surface area contributed by atoms with Gasteiger partial charge in [-0.3, -0.25) is 15.0 Å². The summed E-state index contributed by atoms with van der Waals surface area (Å²) in [5, 5.41) is 70.6. The second-order valence-corrected chi connectivity index (χ2v) is 10.3. The predicted molar refractivity (Wildman–Crippen MR) is 153 cm³/mol. The number of aliphatic carboxylic acids is 2. The van der Waals surface area contributed by atoms with Crippen LogP contribution in [0, 0.1) is 5.41 Å². The molecular formula is C29H29N5O9. The number of amidine groups is 1. The van der Waals surface area contributed by atoms with Crippen LogP contribution in [0.25, 0.3) is 33.5 Å². The Balaban J connectivity index is 1.81. The number of imidazole rings is 1. The number of aliphatic hydroxyl groups is 2. The van der Waals surface area contributed by atoms with Crippen molar-refractivity contribution in [3.63, 3.8) is 0 Å². The summed E-state index contributed by atoms with van der Waals surface area (Å²) in [6, 6.07) is 12.3. The third-order valence-electron chi connectivity index (χ3n) is 7.04. The first-order valence-electron chi connectivity index (χ1n) is 12.8. The van der Waals surface area contributed by atoms with Gasteiger partial charge in [-0.25, -0.2) is 9.78 Å². The molecule has 2 unspecified atom stereocenters. The quantitative estimate of drug-likeness (QED) is 0.0929. The Hall–Kier alpha value is -5.47. The smallest absolute Gasteiger partial charge is 0.335 e. The minimum atomic E-state index is -2.37. The number of phenolic OH excluding ortho intramolecular Hbond substituents is 2. The van der Waals surface area contributed by atoms with E-state index in [2.05, 4.69) is 15.3 Å². The lowest BCUT2D eigenvalue weighted by Gasteiger charge is -2.24. The normalized spacial score (nSPS) is 12.9. The Kier molecular flexibility index (Phi) is 8.10. The summed E-state index contributed by atoms with van der Waals surface area (Å²) in [7, 11) is 0. The third kappa shape index (κ3) is 5.82. The van der Waals surface area contributed by atoms with Crippen LogP contribution in [0.4, 0.5) is 0 Å². The number of nitrogens with two attached hydrogens (primary N) is 1. The van der Waals surface area contributed by atoms with Gasteiger partial charge in [0.15, 0.2) is 12.2 Å². The number of hydrogen-bond donors (Lipinski definition) is 10. The van der Waals surface area contributed by atoms with Gasteiger partial charge < -0.3 is 46.7 Å². The number of rotatable bonds is 10. The molecule has 14 heteroatoms. The van der Waals surface area contributed by atoms with Crippen molar-refractivity contribution in [3.05, 3.63) is 65.2 Å². The van der Waals surface area contributed by atoms with E-state index in [9.17, 15) is 39.9 Å². The fraction of sp³-hybridized carbons (Fsp3) is 0.207. The number of H-pyrrole nitrogens is 1. The van der Waals surface area contributed by atoms with E-state index >= 15 is 0 Å².